The van der Waals surface area contributed by atoms with Crippen molar-refractivity contribution in [1.82, 2.24) is 0 Å². The topological polar surface area (TPSA) is 26.3 Å². The summed E-state index contributed by atoms with van der Waals surface area (Å²) in [6, 6.07) is 0. The van der Waals surface area contributed by atoms with Gasteiger partial charge in [-0.3, -0.25) is 0 Å². The number of carbonyl (C=O) groups excluding carboxylic acids is 1. The second-order valence-electron chi connectivity index (χ2n) is 1.96. The van der Waals surface area contributed by atoms with Gasteiger partial charge in [-0.05, 0) is 14.7 Å². The van der Waals surface area contributed by atoms with Crippen LogP contribution in [0.1, 0.15) is 6.92 Å². The average molecular weight is 144 g/mol. The molecular weight excluding hydrogens is 134 g/mol. The first-order chi connectivity index (χ1) is 4.16. The highest BCUT2D eigenvalue weighted by Crippen LogP contribution is 2.24. The maximum Gasteiger partial charge on any atom is 0.148 e. The van der Waals surface area contributed by atoms with E-state index in [0.29, 0.717) is 6.61 Å². The van der Waals surface area contributed by atoms with Crippen molar-refractivity contribution in [1.29, 1.82) is 0 Å². The van der Waals surface area contributed by atoms with Gasteiger partial charge in [0.25, 0.3) is 0 Å². The van der Waals surface area contributed by atoms with Crippen LogP contribution in [0.25, 0.3) is 0 Å². The first kappa shape index (κ1) is 9.12. The summed E-state index contributed by atoms with van der Waals surface area (Å²) in [6.07, 6.45) is 0.860. The van der Waals surface area contributed by atoms with E-state index in [0.717, 1.165) is 6.29 Å². The second kappa shape index (κ2) is 4.95. The van der Waals surface area contributed by atoms with Crippen molar-refractivity contribution >= 4 is 21.9 Å². The highest BCUT2D eigenvalue weighted by Gasteiger charge is 1.99. The largest absolute Gasteiger partial charge is 0.370 e. The van der Waals surface area contributed by atoms with E-state index in [2.05, 4.69) is 0 Å². The molecule has 0 aliphatic carbocycles. The summed E-state index contributed by atoms with van der Waals surface area (Å²) in [4.78, 5) is 10.0. The molecule has 0 N–H and O–H groups in total. The summed E-state index contributed by atoms with van der Waals surface area (Å²) in [5.41, 5.74) is 0. The van der Waals surface area contributed by atoms with Gasteiger partial charge < -0.3 is 9.32 Å². The predicted molar refractivity (Wildman–Crippen MR) is 39.8 cm³/mol. The van der Waals surface area contributed by atoms with Gasteiger partial charge in [0.2, 0.25) is 0 Å². The molecule has 50 valence electrons. The van der Waals surface area contributed by atoms with E-state index in [1.54, 1.807) is 13.6 Å². The zero-order chi connectivity index (χ0) is 7.28. The number of rotatable bonds is 4. The molecule has 0 amide bonds. The van der Waals surface area contributed by atoms with Gasteiger partial charge in [0.15, 0.2) is 0 Å². The molecule has 0 aromatic carbocycles. The van der Waals surface area contributed by atoms with E-state index in [1.807, 2.05) is 0 Å². The van der Waals surface area contributed by atoms with Gasteiger partial charge >= 0.3 is 0 Å². The molecule has 2 nitrogen and oxygen atoms in total. The normalized spacial score (nSPS) is 16.7. The van der Waals surface area contributed by atoms with Crippen LogP contribution < -0.4 is 0 Å². The van der Waals surface area contributed by atoms with Gasteiger partial charge in [0, 0.05) is 5.92 Å². The molecule has 9 heavy (non-hydrogen) atoms. The first-order valence-corrected chi connectivity index (χ1v) is 4.51. The second-order valence-corrected chi connectivity index (χ2v) is 3.31. The number of carbonyl (C=O) groups is 1. The lowest BCUT2D eigenvalue weighted by Crippen LogP contribution is -2.03. The van der Waals surface area contributed by atoms with Gasteiger partial charge in [0.1, 0.15) is 13.9 Å². The molecule has 0 saturated heterocycles. The lowest BCUT2D eigenvalue weighted by atomic mass is 10.2. The Morgan fingerprint density at radius 3 is 2.78 bits per heavy atom. The molecule has 0 fully saturated rings. The molecule has 0 aromatic heterocycles. The minimum atomic E-state index is -0.798. The monoisotopic (exact) mass is 144 g/mol. The fraction of sp³-hybridized carbons (Fsp3) is 0.800. The molecule has 0 spiro atoms. The molecule has 0 saturated carbocycles. The quantitative estimate of drug-likeness (QED) is 0.333. The van der Waals surface area contributed by atoms with Crippen molar-refractivity contribution in [3.63, 3.8) is 0 Å². The fourth-order valence-electron chi connectivity index (χ4n) is 0.274. The Morgan fingerprint density at radius 2 is 2.44 bits per heavy atom. The van der Waals surface area contributed by atoms with E-state index in [9.17, 15) is 4.79 Å². The highest BCUT2D eigenvalue weighted by atomic mass is 31.1. The molecule has 0 aromatic rings. The van der Waals surface area contributed by atoms with E-state index in [4.69, 9.17) is 12.1 Å². The van der Waals surface area contributed by atoms with Crippen LogP contribution in [0.15, 0.2) is 0 Å². The Hall–Kier alpha value is 0.125. The summed E-state index contributed by atoms with van der Waals surface area (Å²) >= 11 is 0. The third kappa shape index (κ3) is 6.00. The van der Waals surface area contributed by atoms with Gasteiger partial charge in [-0.2, -0.15) is 0 Å². The minimum Gasteiger partial charge on any atom is -0.370 e. The Labute approximate surface area is 58.2 Å². The Balaban J connectivity index is 3.16. The third-order valence-electron chi connectivity index (χ3n) is 0.773. The predicted octanol–water partition coefficient (Wildman–Crippen LogP) is 0.948. The van der Waals surface area contributed by atoms with Crippen LogP contribution in [0.3, 0.4) is 0 Å². The van der Waals surface area contributed by atoms with Crippen molar-refractivity contribution < 1.29 is 9.32 Å². The SMILES string of the molecule is [B]P(C)OC[C@H](C)C=O. The number of aldehydes is 1. The molecule has 0 aliphatic rings. The molecule has 1 unspecified atom stereocenters. The molecule has 0 aliphatic heterocycles. The lowest BCUT2D eigenvalue weighted by Gasteiger charge is -2.08. The lowest BCUT2D eigenvalue weighted by molar-refractivity contribution is -0.111. The number of hydrogen-bond donors (Lipinski definition) is 0. The summed E-state index contributed by atoms with van der Waals surface area (Å²) in [5, 5.41) is 0. The third-order valence-corrected chi connectivity index (χ3v) is 1.33. The maximum absolute atomic E-state index is 10.0. The van der Waals surface area contributed by atoms with Gasteiger partial charge in [-0.15, -0.1) is 0 Å². The highest BCUT2D eigenvalue weighted by molar-refractivity contribution is 7.77. The van der Waals surface area contributed by atoms with Crippen LogP contribution in [0.5, 0.6) is 0 Å². The zero-order valence-electron chi connectivity index (χ0n) is 5.70. The van der Waals surface area contributed by atoms with Crippen molar-refractivity contribution in [2.24, 2.45) is 5.92 Å². The van der Waals surface area contributed by atoms with Crippen LogP contribution in [-0.4, -0.2) is 27.1 Å². The van der Waals surface area contributed by atoms with Crippen molar-refractivity contribution in [2.75, 3.05) is 13.3 Å². The maximum atomic E-state index is 10.0. The van der Waals surface area contributed by atoms with E-state index in [1.165, 1.54) is 0 Å². The Kier molecular flexibility index (Phi) is 5.02. The van der Waals surface area contributed by atoms with Gasteiger partial charge in [0.05, 0.1) is 6.61 Å². The van der Waals surface area contributed by atoms with Crippen molar-refractivity contribution in [3.8, 4) is 0 Å². The molecule has 0 rings (SSSR count). The first-order valence-electron chi connectivity index (χ1n) is 2.73. The summed E-state index contributed by atoms with van der Waals surface area (Å²) in [7, 11) is 4.52. The van der Waals surface area contributed by atoms with Crippen LogP contribution >= 0.6 is 8.03 Å². The Bertz CT molecular complexity index is 87.0. The molecule has 0 bridgehead atoms. The molecule has 2 radical (unpaired) electrons. The standard InChI is InChI=1S/C5H10BO2P/c1-5(3-7)4-8-9(2)6/h3,5H,4H2,1-2H3/t5-,9?/m1/s1. The van der Waals surface area contributed by atoms with Crippen LogP contribution in [0.2, 0.25) is 0 Å². The molecule has 2 atom stereocenters. The zero-order valence-corrected chi connectivity index (χ0v) is 6.60. The van der Waals surface area contributed by atoms with Crippen LogP contribution in [-0.2, 0) is 9.32 Å². The van der Waals surface area contributed by atoms with E-state index < -0.39 is 8.03 Å². The van der Waals surface area contributed by atoms with Crippen molar-refractivity contribution in [2.45, 2.75) is 6.92 Å². The summed E-state index contributed by atoms with van der Waals surface area (Å²) in [6.45, 7) is 4.04. The van der Waals surface area contributed by atoms with E-state index >= 15 is 0 Å². The summed E-state index contributed by atoms with van der Waals surface area (Å²) < 4.78 is 5.01. The van der Waals surface area contributed by atoms with Crippen molar-refractivity contribution in [3.05, 3.63) is 0 Å². The number of hydrogen-bond acceptors (Lipinski definition) is 2. The fourth-order valence-corrected chi connectivity index (χ4v) is 0.745. The smallest absolute Gasteiger partial charge is 0.148 e. The van der Waals surface area contributed by atoms with Gasteiger partial charge in [-0.1, -0.05) is 6.92 Å². The molecule has 4 heteroatoms. The van der Waals surface area contributed by atoms with Crippen LogP contribution in [0, 0.1) is 5.92 Å². The van der Waals surface area contributed by atoms with E-state index in [-0.39, 0.29) is 5.92 Å². The average Bonchev–Trinajstić information content (AvgIpc) is 1.83. The molecular formula is C5H10BO2P. The molecule has 0 heterocycles. The van der Waals surface area contributed by atoms with Crippen LogP contribution in [0.4, 0.5) is 0 Å². The summed E-state index contributed by atoms with van der Waals surface area (Å²) in [5.74, 6) is -0.0292. The minimum absolute atomic E-state index is 0.0292. The Morgan fingerprint density at radius 1 is 1.89 bits per heavy atom. The van der Waals surface area contributed by atoms with Gasteiger partial charge in [-0.25, -0.2) is 0 Å².